The molecule has 37 heavy (non-hydrogen) atoms. The molecule has 0 radical (unpaired) electrons. The van der Waals surface area contributed by atoms with Crippen molar-refractivity contribution in [1.82, 2.24) is 0 Å². The summed E-state index contributed by atoms with van der Waals surface area (Å²) in [7, 11) is 0. The Morgan fingerprint density at radius 3 is 1.27 bits per heavy atom. The Balaban J connectivity index is 3.38. The van der Waals surface area contributed by atoms with Gasteiger partial charge in [-0.3, -0.25) is 0 Å². The third-order valence-electron chi connectivity index (χ3n) is 7.44. The largest absolute Gasteiger partial charge is 0.633 e. The number of quaternary nitrogens is 1. The molecule has 0 rings (SSSR count). The fourth-order valence-electron chi connectivity index (χ4n) is 5.13. The molecule has 0 amide bonds. The van der Waals surface area contributed by atoms with E-state index in [2.05, 4.69) is 6.92 Å². The number of aliphatic hydroxyl groups is 3. The number of hydroxylamine groups is 3. The van der Waals surface area contributed by atoms with E-state index in [1.807, 2.05) is 0 Å². The molecule has 0 saturated heterocycles. The average Bonchev–Trinajstić information content (AvgIpc) is 2.89. The first-order valence-electron chi connectivity index (χ1n) is 16.1. The Labute approximate surface area is 230 Å². The van der Waals surface area contributed by atoms with E-state index in [0.29, 0.717) is 19.4 Å². The predicted molar refractivity (Wildman–Crippen MR) is 156 cm³/mol. The molecule has 0 aliphatic rings. The summed E-state index contributed by atoms with van der Waals surface area (Å²) >= 11 is 0. The van der Waals surface area contributed by atoms with Gasteiger partial charge < -0.3 is 29.9 Å². The predicted octanol–water partition coefficient (Wildman–Crippen LogP) is 7.27. The van der Waals surface area contributed by atoms with Crippen LogP contribution >= 0.6 is 0 Å². The Bertz CT molecular complexity index is 430. The minimum atomic E-state index is -0.806. The zero-order chi connectivity index (χ0) is 27.3. The summed E-state index contributed by atoms with van der Waals surface area (Å²) in [6.45, 7) is 3.59. The van der Waals surface area contributed by atoms with Crippen LogP contribution in [0.5, 0.6) is 0 Å². The van der Waals surface area contributed by atoms with Crippen molar-refractivity contribution in [3.63, 3.8) is 0 Å². The lowest BCUT2D eigenvalue weighted by atomic mass is 10.0. The van der Waals surface area contributed by atoms with Crippen molar-refractivity contribution in [2.45, 2.75) is 154 Å². The van der Waals surface area contributed by atoms with Crippen molar-refractivity contribution < 1.29 is 24.7 Å². The van der Waals surface area contributed by atoms with Gasteiger partial charge in [-0.05, 0) is 6.42 Å². The molecule has 224 valence electrons. The molecule has 0 fully saturated rings. The van der Waals surface area contributed by atoms with E-state index in [1.54, 1.807) is 0 Å². The first-order valence-corrected chi connectivity index (χ1v) is 16.1. The van der Waals surface area contributed by atoms with E-state index in [1.165, 1.54) is 116 Å². The molecule has 0 bridgehead atoms. The minimum absolute atomic E-state index is 0.0343. The van der Waals surface area contributed by atoms with E-state index in [-0.39, 0.29) is 39.5 Å². The zero-order valence-corrected chi connectivity index (χ0v) is 24.7. The molecule has 1 unspecified atom stereocenters. The van der Waals surface area contributed by atoms with Gasteiger partial charge >= 0.3 is 0 Å². The fraction of sp³-hybridized carbons (Fsp3) is 1.00. The minimum Gasteiger partial charge on any atom is -0.633 e. The highest BCUT2D eigenvalue weighted by molar-refractivity contribution is 4.57. The van der Waals surface area contributed by atoms with Crippen LogP contribution < -0.4 is 0 Å². The van der Waals surface area contributed by atoms with Gasteiger partial charge in [-0.1, -0.05) is 129 Å². The molecule has 1 atom stereocenters. The fourth-order valence-corrected chi connectivity index (χ4v) is 5.13. The molecule has 0 spiro atoms. The third kappa shape index (κ3) is 27.1. The molecule has 0 heterocycles. The first-order chi connectivity index (χ1) is 18.1. The number of rotatable bonds is 31. The number of hydrogen-bond donors (Lipinski definition) is 3. The van der Waals surface area contributed by atoms with Crippen LogP contribution in [0.4, 0.5) is 0 Å². The maximum Gasteiger partial charge on any atom is 0.126 e. The summed E-state index contributed by atoms with van der Waals surface area (Å²) in [5.74, 6) is 0. The maximum atomic E-state index is 12.8. The normalized spacial score (nSPS) is 12.9. The second-order valence-electron chi connectivity index (χ2n) is 11.3. The molecule has 0 saturated carbocycles. The lowest BCUT2D eigenvalue weighted by Crippen LogP contribution is -2.50. The smallest absolute Gasteiger partial charge is 0.126 e. The first kappa shape index (κ1) is 36.8. The van der Waals surface area contributed by atoms with Gasteiger partial charge in [0.15, 0.2) is 0 Å². The molecule has 0 aromatic carbocycles. The van der Waals surface area contributed by atoms with Crippen LogP contribution in [-0.2, 0) is 4.74 Å². The summed E-state index contributed by atoms with van der Waals surface area (Å²) in [5, 5.41) is 40.9. The van der Waals surface area contributed by atoms with Crippen molar-refractivity contribution in [2.24, 2.45) is 0 Å². The molecule has 0 aromatic heterocycles. The van der Waals surface area contributed by atoms with Gasteiger partial charge in [0.25, 0.3) is 0 Å². The van der Waals surface area contributed by atoms with Gasteiger partial charge in [0.1, 0.15) is 12.6 Å². The summed E-state index contributed by atoms with van der Waals surface area (Å²) in [4.78, 5) is 0. The van der Waals surface area contributed by atoms with Crippen molar-refractivity contribution in [1.29, 1.82) is 0 Å². The monoisotopic (exact) mass is 531 g/mol. The lowest BCUT2D eigenvalue weighted by molar-refractivity contribution is -0.884. The molecular formula is C31H65NO5. The Morgan fingerprint density at radius 2 is 0.919 bits per heavy atom. The van der Waals surface area contributed by atoms with Crippen molar-refractivity contribution >= 4 is 0 Å². The second kappa shape index (κ2) is 28.8. The molecular weight excluding hydrogens is 466 g/mol. The standard InChI is InChI=1S/C31H65NO5/c1-2-3-4-5-6-7-8-9-10-11-12-13-14-15-16-17-18-19-20-21-28-37-30-31(35)29-32(36,24-22-26-33)25-23-27-34/h31,33-35H,2-30H2,1H3. The van der Waals surface area contributed by atoms with Crippen molar-refractivity contribution in [2.75, 3.05) is 46.1 Å². The van der Waals surface area contributed by atoms with Gasteiger partial charge in [-0.2, -0.15) is 0 Å². The second-order valence-corrected chi connectivity index (χ2v) is 11.3. The van der Waals surface area contributed by atoms with Crippen LogP contribution in [0, 0.1) is 5.21 Å². The molecule has 3 N–H and O–H groups in total. The summed E-state index contributed by atoms with van der Waals surface area (Å²) in [6.07, 6.45) is 27.3. The molecule has 6 nitrogen and oxygen atoms in total. The van der Waals surface area contributed by atoms with E-state index in [9.17, 15) is 10.3 Å². The van der Waals surface area contributed by atoms with E-state index in [4.69, 9.17) is 14.9 Å². The van der Waals surface area contributed by atoms with Crippen molar-refractivity contribution in [3.8, 4) is 0 Å². The van der Waals surface area contributed by atoms with Crippen LogP contribution in [0.2, 0.25) is 0 Å². The number of unbranched alkanes of at least 4 members (excludes halogenated alkanes) is 19. The zero-order valence-electron chi connectivity index (χ0n) is 24.7. The third-order valence-corrected chi connectivity index (χ3v) is 7.44. The summed E-state index contributed by atoms with van der Waals surface area (Å²) in [5.41, 5.74) is 0. The number of hydrogen-bond acceptors (Lipinski definition) is 5. The number of nitrogens with zero attached hydrogens (tertiary/aromatic N) is 1. The van der Waals surface area contributed by atoms with Crippen LogP contribution in [0.3, 0.4) is 0 Å². The van der Waals surface area contributed by atoms with Gasteiger partial charge in [-0.15, -0.1) is 0 Å². The van der Waals surface area contributed by atoms with Gasteiger partial charge in [0.05, 0.1) is 19.7 Å². The summed E-state index contributed by atoms with van der Waals surface area (Å²) < 4.78 is 5.01. The SMILES string of the molecule is CCCCCCCCCCCCCCCCCCCCCCOCC(O)C[N+]([O-])(CCCO)CCCO. The topological polar surface area (TPSA) is 93.0 Å². The Morgan fingerprint density at radius 1 is 0.568 bits per heavy atom. The van der Waals surface area contributed by atoms with E-state index < -0.39 is 10.8 Å². The van der Waals surface area contributed by atoms with Crippen molar-refractivity contribution in [3.05, 3.63) is 5.21 Å². The Hall–Kier alpha value is -0.240. The van der Waals surface area contributed by atoms with Crippen LogP contribution in [0.1, 0.15) is 148 Å². The highest BCUT2D eigenvalue weighted by Gasteiger charge is 2.21. The lowest BCUT2D eigenvalue weighted by Gasteiger charge is -2.44. The number of aliphatic hydroxyl groups excluding tert-OH is 3. The van der Waals surface area contributed by atoms with Crippen LogP contribution in [-0.4, -0.2) is 72.1 Å². The molecule has 0 aromatic rings. The average molecular weight is 532 g/mol. The highest BCUT2D eigenvalue weighted by Crippen LogP contribution is 2.15. The molecule has 0 aliphatic heterocycles. The number of ether oxygens (including phenoxy) is 1. The Kier molecular flexibility index (Phi) is 28.6. The van der Waals surface area contributed by atoms with Crippen LogP contribution in [0.25, 0.3) is 0 Å². The van der Waals surface area contributed by atoms with Crippen LogP contribution in [0.15, 0.2) is 0 Å². The maximum absolute atomic E-state index is 12.8. The summed E-state index contributed by atoms with van der Waals surface area (Å²) in [6, 6.07) is 0. The van der Waals surface area contributed by atoms with Gasteiger partial charge in [0.2, 0.25) is 0 Å². The van der Waals surface area contributed by atoms with E-state index in [0.717, 1.165) is 12.8 Å². The van der Waals surface area contributed by atoms with Gasteiger partial charge in [-0.25, -0.2) is 0 Å². The molecule has 6 heteroatoms. The highest BCUT2D eigenvalue weighted by atomic mass is 16.5. The van der Waals surface area contributed by atoms with E-state index >= 15 is 0 Å². The van der Waals surface area contributed by atoms with Gasteiger partial charge in [0, 0.05) is 32.7 Å². The molecule has 0 aliphatic carbocycles. The quantitative estimate of drug-likeness (QED) is 0.0497.